The molecule has 2 heteroatoms. The molecule has 0 amide bonds. The zero-order chi connectivity index (χ0) is 20.9. The zero-order valence-electron chi connectivity index (χ0n) is 17.5. The van der Waals surface area contributed by atoms with Gasteiger partial charge in [0.05, 0.1) is 11.4 Å². The molecule has 1 radical (unpaired) electrons. The van der Waals surface area contributed by atoms with Crippen LogP contribution in [0.5, 0.6) is 0 Å². The topological polar surface area (TPSA) is 23.1 Å². The molecule has 0 saturated heterocycles. The third-order valence-corrected chi connectivity index (χ3v) is 6.02. The SMILES string of the molecule is Cc1ccc(N2c3ccc(C)cc3C([O])(c3ccccc3)c3cc(C)ccc32)cc1. The molecule has 1 aliphatic rings. The van der Waals surface area contributed by atoms with Gasteiger partial charge in [0.15, 0.2) is 5.60 Å². The minimum Gasteiger partial charge on any atom is -0.310 e. The summed E-state index contributed by atoms with van der Waals surface area (Å²) >= 11 is 0. The second-order valence-electron chi connectivity index (χ2n) is 8.26. The van der Waals surface area contributed by atoms with Gasteiger partial charge in [0.25, 0.3) is 0 Å². The lowest BCUT2D eigenvalue weighted by molar-refractivity contribution is 0.0407. The van der Waals surface area contributed by atoms with E-state index in [4.69, 9.17) is 0 Å². The quantitative estimate of drug-likeness (QED) is 0.357. The van der Waals surface area contributed by atoms with Crippen LogP contribution in [0.4, 0.5) is 17.1 Å². The summed E-state index contributed by atoms with van der Waals surface area (Å²) in [5.74, 6) is 0. The second kappa shape index (κ2) is 6.86. The molecular weight excluding hydrogens is 366 g/mol. The van der Waals surface area contributed by atoms with Crippen molar-refractivity contribution in [3.63, 3.8) is 0 Å². The number of nitrogens with zero attached hydrogens (tertiary/aromatic N) is 1. The van der Waals surface area contributed by atoms with E-state index in [0.717, 1.165) is 44.9 Å². The summed E-state index contributed by atoms with van der Waals surface area (Å²) in [6.07, 6.45) is 0. The number of benzene rings is 4. The maximum absolute atomic E-state index is 14.9. The maximum atomic E-state index is 14.9. The molecule has 0 unspecified atom stereocenters. The fourth-order valence-corrected chi connectivity index (χ4v) is 4.48. The average molecular weight is 391 g/mol. The molecular formula is C28H24NO. The van der Waals surface area contributed by atoms with E-state index in [2.05, 4.69) is 72.5 Å². The first-order valence-electron chi connectivity index (χ1n) is 10.3. The first-order chi connectivity index (χ1) is 14.5. The molecule has 0 N–H and O–H groups in total. The Morgan fingerprint density at radius 2 is 1.10 bits per heavy atom. The van der Waals surface area contributed by atoms with Gasteiger partial charge in [-0.15, -0.1) is 0 Å². The third kappa shape index (κ3) is 2.76. The fraction of sp³-hybridized carbons (Fsp3) is 0.143. The van der Waals surface area contributed by atoms with E-state index in [-0.39, 0.29) is 0 Å². The van der Waals surface area contributed by atoms with E-state index in [9.17, 15) is 5.11 Å². The van der Waals surface area contributed by atoms with Gasteiger partial charge in [-0.05, 0) is 50.6 Å². The summed E-state index contributed by atoms with van der Waals surface area (Å²) in [7, 11) is 0. The van der Waals surface area contributed by atoms with Gasteiger partial charge in [-0.3, -0.25) is 0 Å². The highest BCUT2D eigenvalue weighted by Crippen LogP contribution is 2.54. The smallest absolute Gasteiger partial charge is 0.183 e. The molecule has 147 valence electrons. The van der Waals surface area contributed by atoms with Gasteiger partial charge in [-0.1, -0.05) is 83.4 Å². The molecule has 1 aliphatic heterocycles. The Kier molecular flexibility index (Phi) is 4.27. The van der Waals surface area contributed by atoms with Crippen molar-refractivity contribution in [2.45, 2.75) is 26.4 Å². The van der Waals surface area contributed by atoms with Crippen molar-refractivity contribution >= 4 is 17.1 Å². The molecule has 0 atom stereocenters. The summed E-state index contributed by atoms with van der Waals surface area (Å²) in [5, 5.41) is 14.9. The zero-order valence-corrected chi connectivity index (χ0v) is 17.5. The van der Waals surface area contributed by atoms with Crippen molar-refractivity contribution < 1.29 is 5.11 Å². The summed E-state index contributed by atoms with van der Waals surface area (Å²) < 4.78 is 0. The molecule has 0 spiro atoms. The van der Waals surface area contributed by atoms with Crippen LogP contribution in [-0.2, 0) is 10.7 Å². The van der Waals surface area contributed by atoms with Crippen molar-refractivity contribution in [2.75, 3.05) is 4.90 Å². The van der Waals surface area contributed by atoms with Gasteiger partial charge in [0.1, 0.15) is 0 Å². The summed E-state index contributed by atoms with van der Waals surface area (Å²) in [6.45, 7) is 6.19. The van der Waals surface area contributed by atoms with Crippen molar-refractivity contribution in [1.82, 2.24) is 0 Å². The van der Waals surface area contributed by atoms with E-state index < -0.39 is 5.60 Å². The predicted octanol–water partition coefficient (Wildman–Crippen LogP) is 7.12. The molecule has 4 aromatic rings. The van der Waals surface area contributed by atoms with Crippen molar-refractivity contribution in [1.29, 1.82) is 0 Å². The van der Waals surface area contributed by atoms with Crippen LogP contribution in [0.3, 0.4) is 0 Å². The molecule has 30 heavy (non-hydrogen) atoms. The van der Waals surface area contributed by atoms with Gasteiger partial charge in [-0.2, -0.15) is 0 Å². The van der Waals surface area contributed by atoms with E-state index in [0.29, 0.717) is 0 Å². The minimum absolute atomic E-state index is 0.771. The molecule has 0 saturated carbocycles. The van der Waals surface area contributed by atoms with Crippen LogP contribution in [0.2, 0.25) is 0 Å². The Hall–Kier alpha value is -3.36. The van der Waals surface area contributed by atoms with Gasteiger partial charge < -0.3 is 4.90 Å². The molecule has 5 rings (SSSR count). The number of fused-ring (bicyclic) bond motifs is 2. The lowest BCUT2D eigenvalue weighted by atomic mass is 9.75. The second-order valence-corrected chi connectivity index (χ2v) is 8.26. The summed E-state index contributed by atoms with van der Waals surface area (Å²) in [6, 6.07) is 30.7. The molecule has 0 bridgehead atoms. The molecule has 0 aromatic heterocycles. The molecule has 1 heterocycles. The Balaban J connectivity index is 1.87. The minimum atomic E-state index is -1.47. The van der Waals surface area contributed by atoms with Crippen LogP contribution in [-0.4, -0.2) is 0 Å². The largest absolute Gasteiger partial charge is 0.310 e. The van der Waals surface area contributed by atoms with E-state index in [1.54, 1.807) is 0 Å². The van der Waals surface area contributed by atoms with Crippen LogP contribution in [0.25, 0.3) is 0 Å². The fourth-order valence-electron chi connectivity index (χ4n) is 4.48. The molecule has 0 aliphatic carbocycles. The molecule has 0 fully saturated rings. The van der Waals surface area contributed by atoms with Gasteiger partial charge >= 0.3 is 0 Å². The highest BCUT2D eigenvalue weighted by atomic mass is 16.3. The Bertz CT molecular complexity index is 1170. The van der Waals surface area contributed by atoms with Crippen molar-refractivity contribution in [3.8, 4) is 0 Å². The lowest BCUT2D eigenvalue weighted by Crippen LogP contribution is -2.35. The molecule has 2 nitrogen and oxygen atoms in total. The number of anilines is 3. The number of hydrogen-bond acceptors (Lipinski definition) is 1. The summed E-state index contributed by atoms with van der Waals surface area (Å²) in [4.78, 5) is 2.22. The number of hydrogen-bond donors (Lipinski definition) is 0. The molecule has 4 aromatic carbocycles. The first kappa shape index (κ1) is 18.7. The third-order valence-electron chi connectivity index (χ3n) is 6.02. The Labute approximate surface area is 178 Å². The van der Waals surface area contributed by atoms with E-state index in [1.165, 1.54) is 5.56 Å². The number of rotatable bonds is 2. The van der Waals surface area contributed by atoms with Gasteiger partial charge in [0.2, 0.25) is 0 Å². The van der Waals surface area contributed by atoms with Gasteiger partial charge in [0, 0.05) is 16.8 Å². The monoisotopic (exact) mass is 390 g/mol. The average Bonchev–Trinajstić information content (AvgIpc) is 2.76. The van der Waals surface area contributed by atoms with E-state index >= 15 is 0 Å². The van der Waals surface area contributed by atoms with E-state index in [1.807, 2.05) is 44.2 Å². The van der Waals surface area contributed by atoms with Crippen molar-refractivity contribution in [2.24, 2.45) is 0 Å². The normalized spacial score (nSPS) is 14.2. The van der Waals surface area contributed by atoms with Crippen LogP contribution >= 0.6 is 0 Å². The summed E-state index contributed by atoms with van der Waals surface area (Å²) in [5.41, 5.74) is 7.24. The van der Waals surface area contributed by atoms with Crippen LogP contribution in [0, 0.1) is 20.8 Å². The highest BCUT2D eigenvalue weighted by molar-refractivity contribution is 5.87. The van der Waals surface area contributed by atoms with Gasteiger partial charge in [-0.25, -0.2) is 5.11 Å². The van der Waals surface area contributed by atoms with Crippen LogP contribution in [0.1, 0.15) is 33.4 Å². The maximum Gasteiger partial charge on any atom is 0.183 e. The number of aryl methyl sites for hydroxylation is 3. The Morgan fingerprint density at radius 1 is 0.600 bits per heavy atom. The Morgan fingerprint density at radius 3 is 1.63 bits per heavy atom. The van der Waals surface area contributed by atoms with Crippen LogP contribution < -0.4 is 4.90 Å². The first-order valence-corrected chi connectivity index (χ1v) is 10.3. The van der Waals surface area contributed by atoms with Crippen LogP contribution in [0.15, 0.2) is 91.0 Å². The standard InChI is InChI=1S/C28H24NO/c1-19-9-13-23(14-10-19)29-26-15-11-20(2)17-24(26)28(30,22-7-5-4-6-8-22)25-18-21(3)12-16-27(25)29/h4-18H,1-3H3. The highest BCUT2D eigenvalue weighted by Gasteiger charge is 2.45. The predicted molar refractivity (Wildman–Crippen MR) is 122 cm³/mol. The van der Waals surface area contributed by atoms with Crippen molar-refractivity contribution in [3.05, 3.63) is 124 Å². The lowest BCUT2D eigenvalue weighted by Gasteiger charge is -2.42.